The molecule has 0 bridgehead atoms. The number of thiazole rings is 1. The van der Waals surface area contributed by atoms with Gasteiger partial charge in [0.1, 0.15) is 5.76 Å². The lowest BCUT2D eigenvalue weighted by Gasteiger charge is -2.08. The molecular weight excluding hydrogens is 328 g/mol. The molecule has 2 heterocycles. The topological polar surface area (TPSA) is 55.1 Å². The third-order valence-corrected chi connectivity index (χ3v) is 5.11. The Morgan fingerprint density at radius 3 is 2.91 bits per heavy atom. The average molecular weight is 344 g/mol. The number of amides is 1. The SMILES string of the molecule is Cc1nc(CSc2ccccc2C(=O)NCc2ccco2)cs1. The number of aromatic nitrogens is 1. The third kappa shape index (κ3) is 4.24. The average Bonchev–Trinajstić information content (AvgIpc) is 3.22. The molecule has 0 aliphatic heterocycles. The second-order valence-corrected chi connectivity index (χ2v) is 6.98. The van der Waals surface area contributed by atoms with E-state index in [0.29, 0.717) is 12.1 Å². The lowest BCUT2D eigenvalue weighted by molar-refractivity contribution is 0.0945. The van der Waals surface area contributed by atoms with Crippen molar-refractivity contribution in [3.8, 4) is 0 Å². The molecule has 4 nitrogen and oxygen atoms in total. The number of nitrogens with one attached hydrogen (secondary N) is 1. The molecule has 118 valence electrons. The Labute approximate surface area is 142 Å². The summed E-state index contributed by atoms with van der Waals surface area (Å²) in [6, 6.07) is 11.3. The van der Waals surface area contributed by atoms with Crippen molar-refractivity contribution in [2.45, 2.75) is 24.1 Å². The Morgan fingerprint density at radius 2 is 2.17 bits per heavy atom. The summed E-state index contributed by atoms with van der Waals surface area (Å²) in [5, 5.41) is 6.00. The Bertz CT molecular complexity index is 782. The first-order valence-corrected chi connectivity index (χ1v) is 9.02. The number of hydrogen-bond acceptors (Lipinski definition) is 5. The maximum atomic E-state index is 12.4. The van der Waals surface area contributed by atoms with Gasteiger partial charge in [-0.2, -0.15) is 0 Å². The summed E-state index contributed by atoms with van der Waals surface area (Å²) in [7, 11) is 0. The van der Waals surface area contributed by atoms with E-state index in [-0.39, 0.29) is 5.91 Å². The maximum Gasteiger partial charge on any atom is 0.252 e. The van der Waals surface area contributed by atoms with Crippen LogP contribution in [0.2, 0.25) is 0 Å². The van der Waals surface area contributed by atoms with E-state index in [1.54, 1.807) is 35.4 Å². The molecule has 0 saturated carbocycles. The lowest BCUT2D eigenvalue weighted by atomic mass is 10.2. The van der Waals surface area contributed by atoms with Gasteiger partial charge in [-0.25, -0.2) is 4.98 Å². The molecule has 0 aliphatic rings. The lowest BCUT2D eigenvalue weighted by Crippen LogP contribution is -2.23. The van der Waals surface area contributed by atoms with Gasteiger partial charge in [0, 0.05) is 16.0 Å². The zero-order valence-electron chi connectivity index (χ0n) is 12.6. The van der Waals surface area contributed by atoms with Crippen molar-refractivity contribution in [2.75, 3.05) is 0 Å². The molecule has 6 heteroatoms. The Hall–Kier alpha value is -2.05. The van der Waals surface area contributed by atoms with Gasteiger partial charge in [-0.3, -0.25) is 4.79 Å². The van der Waals surface area contributed by atoms with Crippen LogP contribution in [0.1, 0.15) is 26.8 Å². The highest BCUT2D eigenvalue weighted by atomic mass is 32.2. The highest BCUT2D eigenvalue weighted by Gasteiger charge is 2.12. The van der Waals surface area contributed by atoms with Crippen LogP contribution in [0.25, 0.3) is 0 Å². The van der Waals surface area contributed by atoms with Gasteiger partial charge in [-0.05, 0) is 31.2 Å². The molecule has 3 aromatic rings. The van der Waals surface area contributed by atoms with E-state index in [9.17, 15) is 4.79 Å². The molecular formula is C17H16N2O2S2. The number of benzene rings is 1. The van der Waals surface area contributed by atoms with Crippen molar-refractivity contribution >= 4 is 29.0 Å². The van der Waals surface area contributed by atoms with Gasteiger partial charge in [0.05, 0.1) is 29.1 Å². The zero-order chi connectivity index (χ0) is 16.1. The van der Waals surface area contributed by atoms with E-state index >= 15 is 0 Å². The number of thioether (sulfide) groups is 1. The third-order valence-electron chi connectivity index (χ3n) is 3.18. The summed E-state index contributed by atoms with van der Waals surface area (Å²) in [6.07, 6.45) is 1.60. The number of nitrogens with zero attached hydrogens (tertiary/aromatic N) is 1. The smallest absolute Gasteiger partial charge is 0.252 e. The molecule has 0 unspecified atom stereocenters. The van der Waals surface area contributed by atoms with Gasteiger partial charge in [-0.1, -0.05) is 12.1 Å². The number of rotatable bonds is 6. The fourth-order valence-corrected chi connectivity index (χ4v) is 3.74. The normalized spacial score (nSPS) is 10.7. The Kier molecular flexibility index (Phi) is 5.15. The van der Waals surface area contributed by atoms with Crippen molar-refractivity contribution in [3.63, 3.8) is 0 Å². The molecule has 0 spiro atoms. The van der Waals surface area contributed by atoms with E-state index in [4.69, 9.17) is 4.42 Å². The van der Waals surface area contributed by atoms with Gasteiger partial charge in [0.2, 0.25) is 0 Å². The summed E-state index contributed by atoms with van der Waals surface area (Å²) < 4.78 is 5.23. The van der Waals surface area contributed by atoms with Crippen molar-refractivity contribution < 1.29 is 9.21 Å². The van der Waals surface area contributed by atoms with Gasteiger partial charge in [0.15, 0.2) is 0 Å². The number of carbonyl (C=O) groups is 1. The molecule has 3 rings (SSSR count). The van der Waals surface area contributed by atoms with Crippen molar-refractivity contribution in [2.24, 2.45) is 0 Å². The predicted octanol–water partition coefficient (Wildman–Crippen LogP) is 4.27. The van der Waals surface area contributed by atoms with Crippen LogP contribution < -0.4 is 5.32 Å². The molecule has 1 amide bonds. The van der Waals surface area contributed by atoms with Gasteiger partial charge >= 0.3 is 0 Å². The van der Waals surface area contributed by atoms with Gasteiger partial charge < -0.3 is 9.73 Å². The highest BCUT2D eigenvalue weighted by molar-refractivity contribution is 7.98. The maximum absolute atomic E-state index is 12.4. The van der Waals surface area contributed by atoms with Crippen LogP contribution >= 0.6 is 23.1 Å². The second-order valence-electron chi connectivity index (χ2n) is 4.90. The van der Waals surface area contributed by atoms with Crippen LogP contribution in [0.5, 0.6) is 0 Å². The minimum absolute atomic E-state index is 0.0982. The first-order valence-electron chi connectivity index (χ1n) is 7.16. The van der Waals surface area contributed by atoms with Crippen molar-refractivity contribution in [3.05, 3.63) is 70.1 Å². The Morgan fingerprint density at radius 1 is 1.30 bits per heavy atom. The summed E-state index contributed by atoms with van der Waals surface area (Å²) in [4.78, 5) is 17.8. The second kappa shape index (κ2) is 7.48. The molecule has 0 radical (unpaired) electrons. The number of hydrogen-bond donors (Lipinski definition) is 1. The van der Waals surface area contributed by atoms with E-state index in [1.807, 2.05) is 37.3 Å². The van der Waals surface area contributed by atoms with Crippen LogP contribution in [-0.2, 0) is 12.3 Å². The number of carbonyl (C=O) groups excluding carboxylic acids is 1. The molecule has 0 fully saturated rings. The summed E-state index contributed by atoms with van der Waals surface area (Å²) >= 11 is 3.27. The monoisotopic (exact) mass is 344 g/mol. The van der Waals surface area contributed by atoms with E-state index in [2.05, 4.69) is 15.7 Å². The fraction of sp³-hybridized carbons (Fsp3) is 0.176. The van der Waals surface area contributed by atoms with Crippen molar-refractivity contribution in [1.29, 1.82) is 0 Å². The molecule has 0 saturated heterocycles. The largest absolute Gasteiger partial charge is 0.467 e. The Balaban J connectivity index is 1.65. The van der Waals surface area contributed by atoms with Crippen molar-refractivity contribution in [1.82, 2.24) is 10.3 Å². The van der Waals surface area contributed by atoms with E-state index in [1.165, 1.54) is 0 Å². The van der Waals surface area contributed by atoms with E-state index < -0.39 is 0 Å². The van der Waals surface area contributed by atoms with Gasteiger partial charge in [-0.15, -0.1) is 23.1 Å². The van der Waals surface area contributed by atoms with E-state index in [0.717, 1.165) is 27.1 Å². The van der Waals surface area contributed by atoms with Crippen LogP contribution in [0, 0.1) is 6.92 Å². The van der Waals surface area contributed by atoms with Crippen LogP contribution in [0.15, 0.2) is 57.4 Å². The standard InChI is InChI=1S/C17H16N2O2S2/c1-12-19-13(10-22-12)11-23-16-7-3-2-6-15(16)17(20)18-9-14-5-4-8-21-14/h2-8,10H,9,11H2,1H3,(H,18,20). The molecule has 2 aromatic heterocycles. The quantitative estimate of drug-likeness (QED) is 0.679. The minimum Gasteiger partial charge on any atom is -0.467 e. The van der Waals surface area contributed by atoms with Crippen LogP contribution in [-0.4, -0.2) is 10.9 Å². The number of aryl methyl sites for hydroxylation is 1. The highest BCUT2D eigenvalue weighted by Crippen LogP contribution is 2.26. The van der Waals surface area contributed by atoms with Gasteiger partial charge in [0.25, 0.3) is 5.91 Å². The summed E-state index contributed by atoms with van der Waals surface area (Å²) in [5.41, 5.74) is 1.72. The summed E-state index contributed by atoms with van der Waals surface area (Å²) in [5.74, 6) is 1.40. The molecule has 1 N–H and O–H groups in total. The first-order chi connectivity index (χ1) is 11.2. The molecule has 0 aliphatic carbocycles. The number of furan rings is 1. The molecule has 1 aromatic carbocycles. The predicted molar refractivity (Wildman–Crippen MR) is 92.7 cm³/mol. The fourth-order valence-electron chi connectivity index (χ4n) is 2.08. The van der Waals surface area contributed by atoms with Crippen LogP contribution in [0.4, 0.5) is 0 Å². The summed E-state index contributed by atoms with van der Waals surface area (Å²) in [6.45, 7) is 2.38. The first kappa shape index (κ1) is 15.8. The molecule has 23 heavy (non-hydrogen) atoms. The minimum atomic E-state index is -0.0982. The van der Waals surface area contributed by atoms with Crippen LogP contribution in [0.3, 0.4) is 0 Å². The zero-order valence-corrected chi connectivity index (χ0v) is 14.2. The molecule has 0 atom stereocenters.